The molecule has 0 unspecified atom stereocenters. The van der Waals surface area contributed by atoms with Crippen LogP contribution in [-0.4, -0.2) is 28.1 Å². The maximum atomic E-state index is 12.8. The highest BCUT2D eigenvalue weighted by molar-refractivity contribution is 7.99. The normalized spacial score (nSPS) is 10.9. The van der Waals surface area contributed by atoms with Gasteiger partial charge in [0.15, 0.2) is 0 Å². The molecule has 2 aromatic rings. The van der Waals surface area contributed by atoms with Crippen molar-refractivity contribution < 1.29 is 23.0 Å². The molecule has 1 aromatic heterocycles. The van der Waals surface area contributed by atoms with Crippen molar-refractivity contribution in [1.29, 1.82) is 0 Å². The summed E-state index contributed by atoms with van der Waals surface area (Å²) in [6.07, 6.45) is 2.38. The lowest BCUT2D eigenvalue weighted by Crippen LogP contribution is -2.12. The Balaban J connectivity index is 2.26. The molecule has 1 heterocycles. The van der Waals surface area contributed by atoms with E-state index in [9.17, 15) is 13.6 Å². The number of ether oxygens (including phenoxy) is 2. The quantitative estimate of drug-likeness (QED) is 0.531. The van der Waals surface area contributed by atoms with Crippen molar-refractivity contribution in [2.75, 3.05) is 6.61 Å². The number of aromatic nitrogens is 2. The molecular weight excluding hydrogens is 338 g/mol. The van der Waals surface area contributed by atoms with E-state index in [0.717, 1.165) is 0 Å². The maximum absolute atomic E-state index is 12.8. The number of rotatable bonds is 8. The summed E-state index contributed by atoms with van der Waals surface area (Å²) in [6.45, 7) is 2.09. The molecule has 0 atom stereocenters. The molecule has 0 radical (unpaired) electrons. The second kappa shape index (κ2) is 8.68. The predicted octanol–water partition coefficient (Wildman–Crippen LogP) is 3.88. The van der Waals surface area contributed by atoms with E-state index in [-0.39, 0.29) is 23.7 Å². The van der Waals surface area contributed by atoms with Crippen LogP contribution in [0.4, 0.5) is 8.78 Å². The molecule has 0 saturated heterocycles. The summed E-state index contributed by atoms with van der Waals surface area (Å²) in [6, 6.07) is 6.28. The van der Waals surface area contributed by atoms with Gasteiger partial charge in [-0.05, 0) is 18.6 Å². The van der Waals surface area contributed by atoms with Gasteiger partial charge in [-0.1, -0.05) is 24.8 Å². The molecule has 0 amide bonds. The third kappa shape index (κ3) is 4.95. The Morgan fingerprint density at radius 3 is 2.79 bits per heavy atom. The molecule has 0 bridgehead atoms. The molecular formula is C16H18F2N2O3S. The van der Waals surface area contributed by atoms with Gasteiger partial charge >= 0.3 is 5.97 Å². The first kappa shape index (κ1) is 18.3. The van der Waals surface area contributed by atoms with Gasteiger partial charge in [0.1, 0.15) is 6.61 Å². The Morgan fingerprint density at radius 2 is 2.17 bits per heavy atom. The highest BCUT2D eigenvalue weighted by Crippen LogP contribution is 2.31. The zero-order valence-corrected chi connectivity index (χ0v) is 14.2. The number of halogens is 2. The average Bonchev–Trinajstić information content (AvgIpc) is 2.96. The Bertz CT molecular complexity index is 692. The second-order valence-electron chi connectivity index (χ2n) is 4.91. The molecule has 24 heavy (non-hydrogen) atoms. The monoisotopic (exact) mass is 356 g/mol. The highest BCUT2D eigenvalue weighted by Gasteiger charge is 2.19. The minimum Gasteiger partial charge on any atom is -0.472 e. The number of thioether (sulfide) groups is 1. The highest BCUT2D eigenvalue weighted by atomic mass is 32.2. The fraction of sp³-hybridized carbons (Fsp3) is 0.375. The fourth-order valence-electron chi connectivity index (χ4n) is 2.00. The zero-order chi connectivity index (χ0) is 17.5. The molecule has 0 saturated carbocycles. The van der Waals surface area contributed by atoms with Crippen LogP contribution >= 0.6 is 11.8 Å². The van der Waals surface area contributed by atoms with Crippen molar-refractivity contribution in [2.24, 2.45) is 7.05 Å². The third-order valence-electron chi connectivity index (χ3n) is 3.06. The topological polar surface area (TPSA) is 53.4 Å². The smallest absolute Gasteiger partial charge is 0.338 e. The van der Waals surface area contributed by atoms with Crippen LogP contribution in [0.1, 0.15) is 29.3 Å². The van der Waals surface area contributed by atoms with E-state index in [4.69, 9.17) is 9.47 Å². The van der Waals surface area contributed by atoms with Crippen LogP contribution in [0, 0.1) is 0 Å². The van der Waals surface area contributed by atoms with Crippen molar-refractivity contribution in [3.8, 4) is 5.88 Å². The standard InChI is InChI=1S/C16H18F2N2O3S/c1-3-9-22-15(21)11-5-4-6-13(24-16(17)18)12(11)10-23-14-7-8-20(2)19-14/h4-8,16H,3,9-10H2,1-2H3. The van der Waals surface area contributed by atoms with E-state index in [1.807, 2.05) is 6.92 Å². The average molecular weight is 356 g/mol. The van der Waals surface area contributed by atoms with Crippen molar-refractivity contribution in [3.63, 3.8) is 0 Å². The molecule has 0 spiro atoms. The van der Waals surface area contributed by atoms with Gasteiger partial charge in [-0.2, -0.15) is 8.78 Å². The Morgan fingerprint density at radius 1 is 1.38 bits per heavy atom. The van der Waals surface area contributed by atoms with Crippen LogP contribution in [-0.2, 0) is 18.4 Å². The number of nitrogens with zero attached hydrogens (tertiary/aromatic N) is 2. The van der Waals surface area contributed by atoms with Gasteiger partial charge in [0.25, 0.3) is 5.76 Å². The molecule has 0 aliphatic rings. The van der Waals surface area contributed by atoms with E-state index < -0.39 is 11.7 Å². The van der Waals surface area contributed by atoms with Crippen molar-refractivity contribution >= 4 is 17.7 Å². The summed E-state index contributed by atoms with van der Waals surface area (Å²) < 4.78 is 37.8. The van der Waals surface area contributed by atoms with E-state index in [2.05, 4.69) is 5.10 Å². The zero-order valence-electron chi connectivity index (χ0n) is 13.4. The van der Waals surface area contributed by atoms with E-state index in [1.54, 1.807) is 36.1 Å². The lowest BCUT2D eigenvalue weighted by molar-refractivity contribution is 0.0501. The summed E-state index contributed by atoms with van der Waals surface area (Å²) in [7, 11) is 1.74. The van der Waals surface area contributed by atoms with Gasteiger partial charge in [-0.15, -0.1) is 5.10 Å². The van der Waals surface area contributed by atoms with Crippen molar-refractivity contribution in [1.82, 2.24) is 9.78 Å². The number of esters is 1. The van der Waals surface area contributed by atoms with E-state index >= 15 is 0 Å². The molecule has 130 valence electrons. The summed E-state index contributed by atoms with van der Waals surface area (Å²) >= 11 is 0.374. The molecule has 5 nitrogen and oxygen atoms in total. The maximum Gasteiger partial charge on any atom is 0.338 e. The summed E-state index contributed by atoms with van der Waals surface area (Å²) in [5.74, 6) is -2.80. The van der Waals surface area contributed by atoms with Gasteiger partial charge < -0.3 is 9.47 Å². The fourth-order valence-corrected chi connectivity index (χ4v) is 2.66. The summed E-state index contributed by atoms with van der Waals surface area (Å²) in [4.78, 5) is 12.5. The molecule has 2 rings (SSSR count). The van der Waals surface area contributed by atoms with E-state index in [0.29, 0.717) is 29.6 Å². The predicted molar refractivity (Wildman–Crippen MR) is 86.4 cm³/mol. The van der Waals surface area contributed by atoms with Gasteiger partial charge in [0.05, 0.1) is 12.2 Å². The molecule has 8 heteroatoms. The van der Waals surface area contributed by atoms with Crippen LogP contribution in [0.25, 0.3) is 0 Å². The third-order valence-corrected chi connectivity index (χ3v) is 3.87. The van der Waals surface area contributed by atoms with Crippen LogP contribution in [0.2, 0.25) is 0 Å². The van der Waals surface area contributed by atoms with Gasteiger partial charge in [-0.25, -0.2) is 4.79 Å². The summed E-state index contributed by atoms with van der Waals surface area (Å²) in [5.41, 5.74) is 0.597. The second-order valence-corrected chi connectivity index (χ2v) is 5.94. The number of aryl methyl sites for hydroxylation is 1. The SMILES string of the molecule is CCCOC(=O)c1cccc(SC(F)F)c1COc1ccn(C)n1. The first-order valence-electron chi connectivity index (χ1n) is 7.37. The largest absolute Gasteiger partial charge is 0.472 e. The van der Waals surface area contributed by atoms with Crippen molar-refractivity contribution in [2.45, 2.75) is 30.6 Å². The minimum absolute atomic E-state index is 0.0521. The number of alkyl halides is 2. The number of carbonyl (C=O) groups is 1. The molecule has 0 fully saturated rings. The molecule has 1 aromatic carbocycles. The van der Waals surface area contributed by atoms with Crippen molar-refractivity contribution in [3.05, 3.63) is 41.6 Å². The molecule has 0 N–H and O–H groups in total. The van der Waals surface area contributed by atoms with Crippen LogP contribution in [0.5, 0.6) is 5.88 Å². The lowest BCUT2D eigenvalue weighted by Gasteiger charge is -2.14. The van der Waals surface area contributed by atoms with Crippen LogP contribution in [0.3, 0.4) is 0 Å². The van der Waals surface area contributed by atoms with Crippen LogP contribution in [0.15, 0.2) is 35.4 Å². The Hall–Kier alpha value is -2.09. The first-order valence-corrected chi connectivity index (χ1v) is 8.25. The first-order chi connectivity index (χ1) is 11.5. The minimum atomic E-state index is -2.60. The van der Waals surface area contributed by atoms with Gasteiger partial charge in [0, 0.05) is 29.8 Å². The number of hydrogen-bond donors (Lipinski definition) is 0. The number of benzene rings is 1. The summed E-state index contributed by atoms with van der Waals surface area (Å²) in [5, 5.41) is 4.06. The number of hydrogen-bond acceptors (Lipinski definition) is 5. The lowest BCUT2D eigenvalue weighted by atomic mass is 10.1. The van der Waals surface area contributed by atoms with Crippen LogP contribution < -0.4 is 4.74 Å². The Kier molecular flexibility index (Phi) is 6.60. The molecule has 0 aliphatic heterocycles. The number of carbonyl (C=O) groups excluding carboxylic acids is 1. The Labute approximate surface area is 142 Å². The molecule has 0 aliphatic carbocycles. The van der Waals surface area contributed by atoms with Gasteiger partial charge in [0.2, 0.25) is 5.88 Å². The van der Waals surface area contributed by atoms with E-state index in [1.165, 1.54) is 6.07 Å². The van der Waals surface area contributed by atoms with Gasteiger partial charge in [-0.3, -0.25) is 4.68 Å².